The highest BCUT2D eigenvalue weighted by atomic mass is 35.5. The SMILES string of the molecule is CC(CC[C@@H](C)C(C)(C)c1ccc(OC[C@@H](O)CCl)cc1)OC[C@H](O)CN1CCSCC1. The summed E-state index contributed by atoms with van der Waals surface area (Å²) < 4.78 is 11.5. The second-order valence-corrected chi connectivity index (χ2v) is 11.1. The van der Waals surface area contributed by atoms with Gasteiger partial charge in [0.15, 0.2) is 0 Å². The van der Waals surface area contributed by atoms with Gasteiger partial charge in [0.2, 0.25) is 0 Å². The van der Waals surface area contributed by atoms with Crippen LogP contribution in [0.3, 0.4) is 0 Å². The Labute approximate surface area is 203 Å². The third-order valence-corrected chi connectivity index (χ3v) is 7.90. The van der Waals surface area contributed by atoms with Gasteiger partial charge in [-0.05, 0) is 48.8 Å². The zero-order valence-electron chi connectivity index (χ0n) is 20.1. The zero-order chi connectivity index (χ0) is 23.6. The molecular weight excluding hydrogens is 446 g/mol. The third kappa shape index (κ3) is 9.40. The van der Waals surface area contributed by atoms with Crippen LogP contribution in [0.15, 0.2) is 24.3 Å². The smallest absolute Gasteiger partial charge is 0.119 e. The standard InChI is InChI=1S/C25H42ClNO4S/c1-19(5-6-20(2)30-18-23(29)16-27-11-13-32-14-12-27)25(3,4)21-7-9-24(10-8-21)31-17-22(28)15-26/h7-10,19-20,22-23,28-29H,5-6,11-18H2,1-4H3/t19-,20?,22+,23-/m1/s1. The molecule has 0 saturated carbocycles. The molecule has 32 heavy (non-hydrogen) atoms. The van der Waals surface area contributed by atoms with Crippen LogP contribution < -0.4 is 4.74 Å². The number of halogens is 1. The van der Waals surface area contributed by atoms with E-state index in [0.29, 0.717) is 19.1 Å². The van der Waals surface area contributed by atoms with E-state index in [4.69, 9.17) is 21.1 Å². The van der Waals surface area contributed by atoms with Crippen LogP contribution in [-0.4, -0.2) is 83.7 Å². The van der Waals surface area contributed by atoms with E-state index >= 15 is 0 Å². The predicted octanol–water partition coefficient (Wildman–Crippen LogP) is 4.17. The minimum atomic E-state index is -0.651. The summed E-state index contributed by atoms with van der Waals surface area (Å²) in [7, 11) is 0. The second kappa shape index (κ2) is 14.0. The third-order valence-electron chi connectivity index (χ3n) is 6.60. The van der Waals surface area contributed by atoms with Crippen molar-refractivity contribution in [2.45, 2.75) is 64.3 Å². The lowest BCUT2D eigenvalue weighted by Crippen LogP contribution is -2.40. The fraction of sp³-hybridized carbons (Fsp3) is 0.760. The number of nitrogens with zero attached hydrogens (tertiary/aromatic N) is 1. The maximum atomic E-state index is 10.3. The molecular formula is C25H42ClNO4S. The first-order valence-corrected chi connectivity index (χ1v) is 13.5. The first-order valence-electron chi connectivity index (χ1n) is 11.8. The first-order chi connectivity index (χ1) is 15.2. The van der Waals surface area contributed by atoms with Crippen molar-refractivity contribution in [2.75, 3.05) is 50.2 Å². The number of aliphatic hydroxyl groups excluding tert-OH is 2. The molecule has 0 amide bonds. The Hall–Kier alpha value is -0.500. The molecule has 1 heterocycles. The molecule has 0 spiro atoms. The van der Waals surface area contributed by atoms with Gasteiger partial charge in [0, 0.05) is 31.1 Å². The molecule has 7 heteroatoms. The largest absolute Gasteiger partial charge is 0.491 e. The molecule has 2 N–H and O–H groups in total. The van der Waals surface area contributed by atoms with Crippen molar-refractivity contribution in [3.8, 4) is 5.75 Å². The van der Waals surface area contributed by atoms with Crippen molar-refractivity contribution in [1.29, 1.82) is 0 Å². The zero-order valence-corrected chi connectivity index (χ0v) is 21.7. The van der Waals surface area contributed by atoms with Crippen LogP contribution in [-0.2, 0) is 10.2 Å². The summed E-state index contributed by atoms with van der Waals surface area (Å²) in [6, 6.07) is 8.13. The summed E-state index contributed by atoms with van der Waals surface area (Å²) in [5.74, 6) is 3.69. The Bertz CT molecular complexity index is 639. The molecule has 1 fully saturated rings. The van der Waals surface area contributed by atoms with Gasteiger partial charge in [0.25, 0.3) is 0 Å². The second-order valence-electron chi connectivity index (χ2n) is 9.55. The monoisotopic (exact) mass is 487 g/mol. The Morgan fingerprint density at radius 3 is 2.31 bits per heavy atom. The van der Waals surface area contributed by atoms with Crippen molar-refractivity contribution in [3.05, 3.63) is 29.8 Å². The lowest BCUT2D eigenvalue weighted by molar-refractivity contribution is -0.0186. The van der Waals surface area contributed by atoms with Crippen LogP contribution in [0.1, 0.15) is 46.1 Å². The van der Waals surface area contributed by atoms with Crippen LogP contribution in [0.4, 0.5) is 0 Å². The minimum Gasteiger partial charge on any atom is -0.491 e. The average molecular weight is 488 g/mol. The summed E-state index contributed by atoms with van der Waals surface area (Å²) in [6.07, 6.45) is 1.08. The Morgan fingerprint density at radius 1 is 1.03 bits per heavy atom. The number of thioether (sulfide) groups is 1. The number of alkyl halides is 1. The highest BCUT2D eigenvalue weighted by Crippen LogP contribution is 2.35. The quantitative estimate of drug-likeness (QED) is 0.384. The Morgan fingerprint density at radius 2 is 1.69 bits per heavy atom. The maximum Gasteiger partial charge on any atom is 0.119 e. The normalized spacial score (nSPS) is 19.3. The molecule has 184 valence electrons. The van der Waals surface area contributed by atoms with Gasteiger partial charge in [0.1, 0.15) is 18.5 Å². The van der Waals surface area contributed by atoms with E-state index < -0.39 is 12.2 Å². The van der Waals surface area contributed by atoms with E-state index in [1.807, 2.05) is 23.9 Å². The van der Waals surface area contributed by atoms with E-state index in [1.54, 1.807) is 0 Å². The lowest BCUT2D eigenvalue weighted by Gasteiger charge is -2.33. The van der Waals surface area contributed by atoms with Gasteiger partial charge in [-0.25, -0.2) is 0 Å². The van der Waals surface area contributed by atoms with Gasteiger partial charge in [0.05, 0.1) is 24.7 Å². The predicted molar refractivity (Wildman–Crippen MR) is 135 cm³/mol. The molecule has 4 atom stereocenters. The molecule has 0 radical (unpaired) electrons. The number of benzene rings is 1. The lowest BCUT2D eigenvalue weighted by atomic mass is 9.72. The molecule has 0 aliphatic carbocycles. The van der Waals surface area contributed by atoms with Gasteiger partial charge in [-0.2, -0.15) is 11.8 Å². The van der Waals surface area contributed by atoms with E-state index in [0.717, 1.165) is 43.2 Å². The van der Waals surface area contributed by atoms with Gasteiger partial charge in [-0.1, -0.05) is 32.9 Å². The molecule has 1 aliphatic heterocycles. The van der Waals surface area contributed by atoms with E-state index in [1.165, 1.54) is 5.56 Å². The Balaban J connectivity index is 1.73. The maximum absolute atomic E-state index is 10.3. The number of aliphatic hydroxyl groups is 2. The summed E-state index contributed by atoms with van der Waals surface area (Å²) >= 11 is 7.59. The van der Waals surface area contributed by atoms with Gasteiger partial charge in [-0.15, -0.1) is 11.6 Å². The van der Waals surface area contributed by atoms with Crippen molar-refractivity contribution < 1.29 is 19.7 Å². The van der Waals surface area contributed by atoms with Crippen molar-refractivity contribution >= 4 is 23.4 Å². The van der Waals surface area contributed by atoms with E-state index in [2.05, 4.69) is 44.7 Å². The van der Waals surface area contributed by atoms with Crippen LogP contribution in [0.25, 0.3) is 0 Å². The average Bonchev–Trinajstić information content (AvgIpc) is 2.80. The number of ether oxygens (including phenoxy) is 2. The molecule has 0 bridgehead atoms. The topological polar surface area (TPSA) is 62.2 Å². The number of hydrogen-bond donors (Lipinski definition) is 2. The molecule has 2 rings (SSSR count). The van der Waals surface area contributed by atoms with Gasteiger partial charge in [-0.3, -0.25) is 4.90 Å². The van der Waals surface area contributed by atoms with Crippen molar-refractivity contribution in [1.82, 2.24) is 4.90 Å². The summed E-state index contributed by atoms with van der Waals surface area (Å²) in [5, 5.41) is 19.8. The number of β-amino-alcohol motifs (C(OH)–C–C–N with tert-alkyl or cyclic N) is 1. The summed E-state index contributed by atoms with van der Waals surface area (Å²) in [6.45, 7) is 12.4. The van der Waals surface area contributed by atoms with Crippen LogP contribution in [0, 0.1) is 5.92 Å². The molecule has 1 unspecified atom stereocenters. The first kappa shape index (κ1) is 27.7. The molecule has 1 aromatic carbocycles. The fourth-order valence-corrected chi connectivity index (χ4v) is 4.91. The molecule has 1 saturated heterocycles. The Kier molecular flexibility index (Phi) is 12.2. The van der Waals surface area contributed by atoms with Gasteiger partial charge >= 0.3 is 0 Å². The molecule has 5 nitrogen and oxygen atoms in total. The van der Waals surface area contributed by atoms with Gasteiger partial charge < -0.3 is 19.7 Å². The fourth-order valence-electron chi connectivity index (χ4n) is 3.84. The molecule has 0 aromatic heterocycles. The summed E-state index contributed by atoms with van der Waals surface area (Å²) in [4.78, 5) is 2.33. The number of rotatable bonds is 14. The highest BCUT2D eigenvalue weighted by molar-refractivity contribution is 7.99. The highest BCUT2D eigenvalue weighted by Gasteiger charge is 2.28. The van der Waals surface area contributed by atoms with Crippen LogP contribution >= 0.6 is 23.4 Å². The molecule has 1 aromatic rings. The van der Waals surface area contributed by atoms with E-state index in [9.17, 15) is 10.2 Å². The number of hydrogen-bond acceptors (Lipinski definition) is 6. The van der Waals surface area contributed by atoms with Crippen molar-refractivity contribution in [3.63, 3.8) is 0 Å². The summed E-state index contributed by atoms with van der Waals surface area (Å²) in [5.41, 5.74) is 1.28. The minimum absolute atomic E-state index is 0.0136. The van der Waals surface area contributed by atoms with Crippen LogP contribution in [0.5, 0.6) is 5.75 Å². The van der Waals surface area contributed by atoms with E-state index in [-0.39, 0.29) is 24.0 Å². The van der Waals surface area contributed by atoms with Crippen molar-refractivity contribution in [2.24, 2.45) is 5.92 Å². The van der Waals surface area contributed by atoms with Crippen LogP contribution in [0.2, 0.25) is 0 Å². The molecule has 1 aliphatic rings.